The number of aryl methyl sites for hydroxylation is 1. The van der Waals surface area contributed by atoms with Crippen molar-refractivity contribution < 1.29 is 19.0 Å². The Labute approximate surface area is 152 Å². The van der Waals surface area contributed by atoms with Gasteiger partial charge in [0.2, 0.25) is 0 Å². The molecule has 0 aliphatic carbocycles. The van der Waals surface area contributed by atoms with E-state index in [0.717, 1.165) is 11.1 Å². The third-order valence-corrected chi connectivity index (χ3v) is 4.16. The van der Waals surface area contributed by atoms with Crippen molar-refractivity contribution in [2.75, 3.05) is 27.9 Å². The van der Waals surface area contributed by atoms with Crippen LogP contribution in [0.25, 0.3) is 0 Å². The SMILES string of the molecule is COc1cc(C)c(CCNC(=O)c2cc(Cl)ccc2OC)cc1OC. The first kappa shape index (κ1) is 18.9. The van der Waals surface area contributed by atoms with Gasteiger partial charge in [0.1, 0.15) is 5.75 Å². The van der Waals surface area contributed by atoms with Gasteiger partial charge in [0.05, 0.1) is 26.9 Å². The second kappa shape index (κ2) is 8.62. The van der Waals surface area contributed by atoms with Crippen LogP contribution < -0.4 is 19.5 Å². The molecule has 0 fully saturated rings. The smallest absolute Gasteiger partial charge is 0.255 e. The van der Waals surface area contributed by atoms with Crippen LogP contribution in [0.4, 0.5) is 0 Å². The van der Waals surface area contributed by atoms with Crippen molar-refractivity contribution in [1.29, 1.82) is 0 Å². The van der Waals surface area contributed by atoms with Gasteiger partial charge in [-0.05, 0) is 54.8 Å². The standard InChI is InChI=1S/C19H22ClNO4/c1-12-9-17(24-3)18(25-4)10-13(12)7-8-21-19(22)15-11-14(20)5-6-16(15)23-2/h5-6,9-11H,7-8H2,1-4H3,(H,21,22). The van der Waals surface area contributed by atoms with Crippen molar-refractivity contribution in [1.82, 2.24) is 5.32 Å². The van der Waals surface area contributed by atoms with Crippen LogP contribution in [0.15, 0.2) is 30.3 Å². The molecule has 5 nitrogen and oxygen atoms in total. The van der Waals surface area contributed by atoms with Gasteiger partial charge in [0.25, 0.3) is 5.91 Å². The molecule has 0 heterocycles. The number of halogens is 1. The van der Waals surface area contributed by atoms with E-state index in [1.807, 2.05) is 19.1 Å². The zero-order valence-electron chi connectivity index (χ0n) is 14.8. The second-order valence-corrected chi connectivity index (χ2v) is 5.92. The molecule has 2 aromatic carbocycles. The molecule has 6 heteroatoms. The van der Waals surface area contributed by atoms with E-state index in [1.165, 1.54) is 7.11 Å². The topological polar surface area (TPSA) is 56.8 Å². The van der Waals surface area contributed by atoms with E-state index in [1.54, 1.807) is 32.4 Å². The van der Waals surface area contributed by atoms with Crippen molar-refractivity contribution in [3.8, 4) is 17.2 Å². The first-order valence-electron chi connectivity index (χ1n) is 7.83. The number of ether oxygens (including phenoxy) is 3. The first-order valence-corrected chi connectivity index (χ1v) is 8.21. The monoisotopic (exact) mass is 363 g/mol. The second-order valence-electron chi connectivity index (χ2n) is 5.48. The quantitative estimate of drug-likeness (QED) is 0.815. The van der Waals surface area contributed by atoms with Gasteiger partial charge in [-0.15, -0.1) is 0 Å². The van der Waals surface area contributed by atoms with Gasteiger partial charge in [-0.25, -0.2) is 0 Å². The van der Waals surface area contributed by atoms with E-state index in [9.17, 15) is 4.79 Å². The molecule has 2 rings (SSSR count). The predicted molar refractivity (Wildman–Crippen MR) is 98.3 cm³/mol. The molecular weight excluding hydrogens is 342 g/mol. The lowest BCUT2D eigenvalue weighted by atomic mass is 10.0. The average Bonchev–Trinajstić information content (AvgIpc) is 2.62. The van der Waals surface area contributed by atoms with Gasteiger partial charge in [-0.2, -0.15) is 0 Å². The molecule has 0 unspecified atom stereocenters. The molecule has 1 N–H and O–H groups in total. The van der Waals surface area contributed by atoms with E-state index >= 15 is 0 Å². The minimum absolute atomic E-state index is 0.225. The molecule has 0 saturated carbocycles. The summed E-state index contributed by atoms with van der Waals surface area (Å²) in [6.07, 6.45) is 0.667. The zero-order chi connectivity index (χ0) is 18.4. The molecule has 25 heavy (non-hydrogen) atoms. The number of carbonyl (C=O) groups excluding carboxylic acids is 1. The summed E-state index contributed by atoms with van der Waals surface area (Å²) in [5, 5.41) is 3.38. The summed E-state index contributed by atoms with van der Waals surface area (Å²) >= 11 is 5.97. The van der Waals surface area contributed by atoms with E-state index in [2.05, 4.69) is 5.32 Å². The van der Waals surface area contributed by atoms with Gasteiger partial charge in [0.15, 0.2) is 11.5 Å². The minimum atomic E-state index is -0.225. The third kappa shape index (κ3) is 4.57. The maximum Gasteiger partial charge on any atom is 0.255 e. The van der Waals surface area contributed by atoms with Crippen molar-refractivity contribution in [3.05, 3.63) is 52.0 Å². The molecule has 0 aliphatic rings. The average molecular weight is 364 g/mol. The molecule has 1 amide bonds. The lowest BCUT2D eigenvalue weighted by molar-refractivity contribution is 0.0951. The molecule has 0 radical (unpaired) electrons. The largest absolute Gasteiger partial charge is 0.496 e. The van der Waals surface area contributed by atoms with Crippen LogP contribution in [0.2, 0.25) is 5.02 Å². The maximum absolute atomic E-state index is 12.4. The molecule has 0 aliphatic heterocycles. The van der Waals surface area contributed by atoms with Crippen LogP contribution in [0.1, 0.15) is 21.5 Å². The predicted octanol–water partition coefficient (Wildman–Crippen LogP) is 3.65. The van der Waals surface area contributed by atoms with Crippen LogP contribution in [0.3, 0.4) is 0 Å². The normalized spacial score (nSPS) is 10.3. The van der Waals surface area contributed by atoms with Gasteiger partial charge >= 0.3 is 0 Å². The third-order valence-electron chi connectivity index (χ3n) is 3.93. The lowest BCUT2D eigenvalue weighted by Gasteiger charge is -2.13. The van der Waals surface area contributed by atoms with Gasteiger partial charge < -0.3 is 19.5 Å². The van der Waals surface area contributed by atoms with Gasteiger partial charge in [-0.3, -0.25) is 4.79 Å². The van der Waals surface area contributed by atoms with Crippen molar-refractivity contribution in [3.63, 3.8) is 0 Å². The number of hydrogen-bond acceptors (Lipinski definition) is 4. The number of methoxy groups -OCH3 is 3. The Morgan fingerprint density at radius 3 is 2.28 bits per heavy atom. The highest BCUT2D eigenvalue weighted by Gasteiger charge is 2.13. The fraction of sp³-hybridized carbons (Fsp3) is 0.316. The van der Waals surface area contributed by atoms with Crippen LogP contribution in [0, 0.1) is 6.92 Å². The summed E-state index contributed by atoms with van der Waals surface area (Å²) < 4.78 is 15.8. The van der Waals surface area contributed by atoms with E-state index < -0.39 is 0 Å². The summed E-state index contributed by atoms with van der Waals surface area (Å²) in [5.74, 6) is 1.63. The van der Waals surface area contributed by atoms with Crippen molar-refractivity contribution in [2.24, 2.45) is 0 Å². The van der Waals surface area contributed by atoms with E-state index in [0.29, 0.717) is 40.8 Å². The molecule has 134 valence electrons. The highest BCUT2D eigenvalue weighted by molar-refractivity contribution is 6.31. The molecule has 2 aromatic rings. The molecular formula is C19H22ClNO4. The zero-order valence-corrected chi connectivity index (χ0v) is 15.6. The fourth-order valence-electron chi connectivity index (χ4n) is 2.56. The van der Waals surface area contributed by atoms with Crippen molar-refractivity contribution >= 4 is 17.5 Å². The number of rotatable bonds is 7. The van der Waals surface area contributed by atoms with Gasteiger partial charge in [-0.1, -0.05) is 11.6 Å². The van der Waals surface area contributed by atoms with Crippen LogP contribution in [0.5, 0.6) is 17.2 Å². The van der Waals surface area contributed by atoms with Crippen LogP contribution in [-0.4, -0.2) is 33.8 Å². The molecule has 0 bridgehead atoms. The number of nitrogens with one attached hydrogen (secondary N) is 1. The maximum atomic E-state index is 12.4. The van der Waals surface area contributed by atoms with Gasteiger partial charge in [0, 0.05) is 11.6 Å². The highest BCUT2D eigenvalue weighted by Crippen LogP contribution is 2.30. The molecule has 0 saturated heterocycles. The molecule has 0 aromatic heterocycles. The Morgan fingerprint density at radius 1 is 1.00 bits per heavy atom. The highest BCUT2D eigenvalue weighted by atomic mass is 35.5. The van der Waals surface area contributed by atoms with Crippen LogP contribution in [-0.2, 0) is 6.42 Å². The number of amides is 1. The Balaban J connectivity index is 2.06. The number of hydrogen-bond donors (Lipinski definition) is 1. The number of carbonyl (C=O) groups is 1. The summed E-state index contributed by atoms with van der Waals surface area (Å²) in [6.45, 7) is 2.48. The summed E-state index contributed by atoms with van der Waals surface area (Å²) in [6, 6.07) is 8.81. The van der Waals surface area contributed by atoms with E-state index in [4.69, 9.17) is 25.8 Å². The lowest BCUT2D eigenvalue weighted by Crippen LogP contribution is -2.26. The van der Waals surface area contributed by atoms with Crippen molar-refractivity contribution in [2.45, 2.75) is 13.3 Å². The summed E-state index contributed by atoms with van der Waals surface area (Å²) in [4.78, 5) is 12.4. The minimum Gasteiger partial charge on any atom is -0.496 e. The van der Waals surface area contributed by atoms with Crippen LogP contribution >= 0.6 is 11.6 Å². The number of benzene rings is 2. The van der Waals surface area contributed by atoms with E-state index in [-0.39, 0.29) is 5.91 Å². The first-order chi connectivity index (χ1) is 12.0. The molecule has 0 spiro atoms. The Hall–Kier alpha value is -2.40. The summed E-state index contributed by atoms with van der Waals surface area (Å²) in [5.41, 5.74) is 2.57. The Morgan fingerprint density at radius 2 is 1.64 bits per heavy atom. The fourth-order valence-corrected chi connectivity index (χ4v) is 2.73. The summed E-state index contributed by atoms with van der Waals surface area (Å²) in [7, 11) is 4.73. The Kier molecular flexibility index (Phi) is 6.53. The molecule has 0 atom stereocenters. The Bertz CT molecular complexity index is 761.